The number of nitrogens with one attached hydrogen (secondary N) is 1. The molecule has 0 saturated carbocycles. The number of non-ortho nitro benzene ring substituents is 1. The summed E-state index contributed by atoms with van der Waals surface area (Å²) in [6, 6.07) is 8.96. The highest BCUT2D eigenvalue weighted by Gasteiger charge is 2.11. The van der Waals surface area contributed by atoms with E-state index in [0.29, 0.717) is 24.6 Å². The molecular formula is C18H17BrN4O5. The first-order chi connectivity index (χ1) is 13.5. The van der Waals surface area contributed by atoms with E-state index in [2.05, 4.69) is 26.3 Å². The average molecular weight is 449 g/mol. The van der Waals surface area contributed by atoms with Crippen molar-refractivity contribution >= 4 is 27.5 Å². The number of aryl methyl sites for hydroxylation is 1. The zero-order chi connectivity index (χ0) is 19.9. The van der Waals surface area contributed by atoms with Gasteiger partial charge in [-0.1, -0.05) is 0 Å². The number of hydrogen-bond acceptors (Lipinski definition) is 6. The maximum absolute atomic E-state index is 12.1. The summed E-state index contributed by atoms with van der Waals surface area (Å²) in [5.41, 5.74) is -0.00972. The maximum Gasteiger partial charge on any atom is 0.286 e. The molecular weight excluding hydrogens is 432 g/mol. The van der Waals surface area contributed by atoms with Gasteiger partial charge in [0.2, 0.25) is 0 Å². The monoisotopic (exact) mass is 448 g/mol. The Bertz CT molecular complexity index is 951. The number of nitro benzene ring substituents is 1. The van der Waals surface area contributed by atoms with Crippen molar-refractivity contribution in [1.29, 1.82) is 0 Å². The highest BCUT2D eigenvalue weighted by molar-refractivity contribution is 9.10. The summed E-state index contributed by atoms with van der Waals surface area (Å²) in [4.78, 5) is 22.3. The topological polar surface area (TPSA) is 112 Å². The van der Waals surface area contributed by atoms with Crippen molar-refractivity contribution < 1.29 is 18.9 Å². The molecule has 3 rings (SSSR count). The number of rotatable bonds is 9. The first-order valence-corrected chi connectivity index (χ1v) is 9.23. The standard InChI is InChI=1S/C18H17BrN4O5/c19-13-10-21-22(11-13)9-1-8-20-18(24)17-7-6-16(28-17)12-27-15-4-2-14(3-5-15)23(25)26/h2-7,10-11H,1,8-9,12H2,(H,20,24). The van der Waals surface area contributed by atoms with Crippen LogP contribution in [0.2, 0.25) is 0 Å². The lowest BCUT2D eigenvalue weighted by molar-refractivity contribution is -0.384. The van der Waals surface area contributed by atoms with Gasteiger partial charge in [-0.25, -0.2) is 0 Å². The van der Waals surface area contributed by atoms with Gasteiger partial charge in [-0.05, 0) is 46.6 Å². The van der Waals surface area contributed by atoms with Crippen LogP contribution in [0.1, 0.15) is 22.7 Å². The van der Waals surface area contributed by atoms with Crippen LogP contribution in [0, 0.1) is 10.1 Å². The molecule has 2 heterocycles. The second-order valence-corrected chi connectivity index (χ2v) is 6.75. The molecule has 0 aliphatic carbocycles. The van der Waals surface area contributed by atoms with Gasteiger partial charge >= 0.3 is 0 Å². The highest BCUT2D eigenvalue weighted by Crippen LogP contribution is 2.19. The summed E-state index contributed by atoms with van der Waals surface area (Å²) in [5, 5.41) is 17.6. The Kier molecular flexibility index (Phi) is 6.43. The van der Waals surface area contributed by atoms with Crippen LogP contribution < -0.4 is 10.1 Å². The number of nitrogens with zero attached hydrogens (tertiary/aromatic N) is 3. The van der Waals surface area contributed by atoms with Crippen molar-refractivity contribution in [3.63, 3.8) is 0 Å². The summed E-state index contributed by atoms with van der Waals surface area (Å²) < 4.78 is 13.7. The van der Waals surface area contributed by atoms with Crippen LogP contribution in [-0.4, -0.2) is 27.2 Å². The summed E-state index contributed by atoms with van der Waals surface area (Å²) in [5.74, 6) is 0.843. The lowest BCUT2D eigenvalue weighted by Gasteiger charge is -2.05. The van der Waals surface area contributed by atoms with Crippen LogP contribution in [0.3, 0.4) is 0 Å². The largest absolute Gasteiger partial charge is 0.486 e. The smallest absolute Gasteiger partial charge is 0.286 e. The van der Waals surface area contributed by atoms with Crippen molar-refractivity contribution in [3.8, 4) is 5.75 Å². The van der Waals surface area contributed by atoms with E-state index in [-0.39, 0.29) is 24.0 Å². The molecule has 0 bridgehead atoms. The van der Waals surface area contributed by atoms with Gasteiger partial charge in [0.1, 0.15) is 18.1 Å². The first-order valence-electron chi connectivity index (χ1n) is 8.43. The predicted octanol–water partition coefficient (Wildman–Crippen LogP) is 3.55. The lowest BCUT2D eigenvalue weighted by Crippen LogP contribution is -2.24. The van der Waals surface area contributed by atoms with Crippen LogP contribution in [0.5, 0.6) is 5.75 Å². The molecule has 0 unspecified atom stereocenters. The van der Waals surface area contributed by atoms with E-state index < -0.39 is 4.92 Å². The molecule has 0 saturated heterocycles. The number of furan rings is 1. The third-order valence-electron chi connectivity index (χ3n) is 3.77. The van der Waals surface area contributed by atoms with Gasteiger partial charge in [0.05, 0.1) is 15.6 Å². The summed E-state index contributed by atoms with van der Waals surface area (Å²) in [7, 11) is 0. The van der Waals surface area contributed by atoms with E-state index in [1.165, 1.54) is 24.3 Å². The molecule has 0 spiro atoms. The number of carbonyl (C=O) groups excluding carboxylic acids is 1. The van der Waals surface area contributed by atoms with Gasteiger partial charge in [0.15, 0.2) is 5.76 Å². The molecule has 1 amide bonds. The Labute approximate surface area is 168 Å². The Morgan fingerprint density at radius 2 is 2.07 bits per heavy atom. The zero-order valence-corrected chi connectivity index (χ0v) is 16.3. The minimum atomic E-state index is -0.477. The summed E-state index contributed by atoms with van der Waals surface area (Å²) in [6.45, 7) is 1.29. The van der Waals surface area contributed by atoms with Crippen LogP contribution in [0.4, 0.5) is 5.69 Å². The van der Waals surface area contributed by atoms with Gasteiger partial charge in [-0.2, -0.15) is 5.10 Å². The van der Waals surface area contributed by atoms with Crippen LogP contribution in [-0.2, 0) is 13.2 Å². The molecule has 0 aliphatic rings. The Hall–Kier alpha value is -3.14. The third-order valence-corrected chi connectivity index (χ3v) is 4.17. The fraction of sp³-hybridized carbons (Fsp3) is 0.222. The van der Waals surface area contributed by atoms with E-state index in [4.69, 9.17) is 9.15 Å². The molecule has 146 valence electrons. The van der Waals surface area contributed by atoms with E-state index in [1.54, 1.807) is 23.0 Å². The fourth-order valence-electron chi connectivity index (χ4n) is 2.39. The molecule has 28 heavy (non-hydrogen) atoms. The van der Waals surface area contributed by atoms with Gasteiger partial charge < -0.3 is 14.5 Å². The molecule has 0 fully saturated rings. The fourth-order valence-corrected chi connectivity index (χ4v) is 2.71. The highest BCUT2D eigenvalue weighted by atomic mass is 79.9. The van der Waals surface area contributed by atoms with E-state index in [0.717, 1.165) is 10.9 Å². The van der Waals surface area contributed by atoms with Crippen molar-refractivity contribution in [2.45, 2.75) is 19.6 Å². The van der Waals surface area contributed by atoms with Crippen molar-refractivity contribution in [1.82, 2.24) is 15.1 Å². The molecule has 2 aromatic heterocycles. The average Bonchev–Trinajstić information content (AvgIpc) is 3.33. The van der Waals surface area contributed by atoms with E-state index in [1.807, 2.05) is 6.20 Å². The molecule has 10 heteroatoms. The second kappa shape index (κ2) is 9.18. The van der Waals surface area contributed by atoms with Crippen molar-refractivity contribution in [2.75, 3.05) is 6.54 Å². The second-order valence-electron chi connectivity index (χ2n) is 5.84. The number of carbonyl (C=O) groups is 1. The number of halogens is 1. The maximum atomic E-state index is 12.1. The molecule has 1 aromatic carbocycles. The molecule has 3 aromatic rings. The normalized spacial score (nSPS) is 10.6. The Morgan fingerprint density at radius 3 is 2.75 bits per heavy atom. The van der Waals surface area contributed by atoms with Crippen molar-refractivity contribution in [2.24, 2.45) is 0 Å². The Morgan fingerprint density at radius 1 is 1.29 bits per heavy atom. The Balaban J connectivity index is 1.42. The van der Waals surface area contributed by atoms with E-state index >= 15 is 0 Å². The lowest BCUT2D eigenvalue weighted by atomic mass is 10.3. The summed E-state index contributed by atoms with van der Waals surface area (Å²) >= 11 is 3.33. The number of aromatic nitrogens is 2. The van der Waals surface area contributed by atoms with Gasteiger partial charge in [-0.15, -0.1) is 0 Å². The number of hydrogen-bond donors (Lipinski definition) is 1. The van der Waals surface area contributed by atoms with Gasteiger partial charge in [0, 0.05) is 31.4 Å². The van der Waals surface area contributed by atoms with Gasteiger partial charge in [0.25, 0.3) is 11.6 Å². The molecule has 1 N–H and O–H groups in total. The third kappa shape index (κ3) is 5.43. The minimum Gasteiger partial charge on any atom is -0.486 e. The summed E-state index contributed by atoms with van der Waals surface area (Å²) in [6.07, 6.45) is 4.31. The number of nitro groups is 1. The first kappa shape index (κ1) is 19.6. The number of amides is 1. The zero-order valence-electron chi connectivity index (χ0n) is 14.7. The number of benzene rings is 1. The number of ether oxygens (including phenoxy) is 1. The van der Waals surface area contributed by atoms with Crippen LogP contribution in [0.25, 0.3) is 0 Å². The van der Waals surface area contributed by atoms with Gasteiger partial charge in [-0.3, -0.25) is 19.6 Å². The van der Waals surface area contributed by atoms with Crippen LogP contribution in [0.15, 0.2) is 57.7 Å². The van der Waals surface area contributed by atoms with Crippen LogP contribution >= 0.6 is 15.9 Å². The molecule has 9 nitrogen and oxygen atoms in total. The minimum absolute atomic E-state index is 0.00972. The SMILES string of the molecule is O=C(NCCCn1cc(Br)cn1)c1ccc(COc2ccc([N+](=O)[O-])cc2)o1. The molecule has 0 aliphatic heterocycles. The quantitative estimate of drug-likeness (QED) is 0.304. The molecule has 0 radical (unpaired) electrons. The predicted molar refractivity (Wildman–Crippen MR) is 103 cm³/mol. The van der Waals surface area contributed by atoms with Crippen molar-refractivity contribution in [3.05, 3.63) is 74.9 Å². The molecule has 0 atom stereocenters. The van der Waals surface area contributed by atoms with E-state index in [9.17, 15) is 14.9 Å².